The van der Waals surface area contributed by atoms with Crippen LogP contribution in [-0.2, 0) is 0 Å². The molecule has 1 amide bonds. The molecule has 0 saturated carbocycles. The van der Waals surface area contributed by atoms with Crippen molar-refractivity contribution in [3.05, 3.63) is 53.6 Å². The smallest absolute Gasteiger partial charge is 0.274 e. The number of amidine groups is 1. The van der Waals surface area contributed by atoms with Gasteiger partial charge in [-0.05, 0) is 43.2 Å². The van der Waals surface area contributed by atoms with Crippen LogP contribution in [0.4, 0.5) is 10.1 Å². The Morgan fingerprint density at radius 1 is 1.28 bits per heavy atom. The number of carbonyl (C=O) groups excluding carboxylic acids is 1. The van der Waals surface area contributed by atoms with Crippen LogP contribution in [0.3, 0.4) is 0 Å². The van der Waals surface area contributed by atoms with E-state index in [9.17, 15) is 9.18 Å². The van der Waals surface area contributed by atoms with Gasteiger partial charge in [-0.2, -0.15) is 0 Å². The molecule has 0 spiro atoms. The zero-order chi connectivity index (χ0) is 21.2. The van der Waals surface area contributed by atoms with Crippen LogP contribution < -0.4 is 15.8 Å². The zero-order valence-electron chi connectivity index (χ0n) is 17.2. The Bertz CT molecular complexity index is 932. The van der Waals surface area contributed by atoms with Gasteiger partial charge in [0.2, 0.25) is 0 Å². The zero-order valence-corrected chi connectivity index (χ0v) is 17.2. The van der Waals surface area contributed by atoms with E-state index < -0.39 is 0 Å². The van der Waals surface area contributed by atoms with E-state index >= 15 is 0 Å². The molecule has 3 rings (SSSR count). The van der Waals surface area contributed by atoms with Gasteiger partial charge in [0, 0.05) is 22.5 Å². The van der Waals surface area contributed by atoms with Crippen LogP contribution in [0.25, 0.3) is 0 Å². The van der Waals surface area contributed by atoms with Crippen LogP contribution in [-0.4, -0.2) is 45.6 Å². The molecule has 1 aromatic carbocycles. The first kappa shape index (κ1) is 21.0. The lowest BCUT2D eigenvalue weighted by atomic mass is 9.52. The molecule has 2 heterocycles. The monoisotopic (exact) mass is 392 g/mol. The second-order valence-electron chi connectivity index (χ2n) is 8.33. The highest BCUT2D eigenvalue weighted by Gasteiger charge is 2.23. The molecule has 0 aliphatic carbocycles. The molecule has 148 valence electrons. The van der Waals surface area contributed by atoms with E-state index in [1.54, 1.807) is 18.2 Å². The van der Waals surface area contributed by atoms with Gasteiger partial charge >= 0.3 is 0 Å². The summed E-state index contributed by atoms with van der Waals surface area (Å²) in [7, 11) is 5.80. The summed E-state index contributed by atoms with van der Waals surface area (Å²) in [5, 5.41) is 2.42. The maximum Gasteiger partial charge on any atom is 0.274 e. The lowest BCUT2D eigenvalue weighted by Gasteiger charge is -2.24. The fourth-order valence-electron chi connectivity index (χ4n) is 3.15. The molecular weight excluding hydrogens is 368 g/mol. The first-order valence-corrected chi connectivity index (χ1v) is 9.71. The van der Waals surface area contributed by atoms with Gasteiger partial charge in [-0.15, -0.1) is 0 Å². The largest absolute Gasteiger partial charge is 0.512 e. The third-order valence-corrected chi connectivity index (χ3v) is 4.69. The van der Waals surface area contributed by atoms with Crippen LogP contribution in [0.5, 0.6) is 5.75 Å². The number of aromatic nitrogens is 1. The third kappa shape index (κ3) is 5.40. The number of amides is 1. The first-order chi connectivity index (χ1) is 13.6. The normalized spacial score (nSPS) is 19.3. The SMILES string of the molecule is BC(B)(B)Oc1ccc(C(=O)Nc2ccc(F)c(C3CCC(C)C(N)=N3)c2)nc1. The number of rotatable bonds is 5. The van der Waals surface area contributed by atoms with E-state index in [0.29, 0.717) is 29.3 Å². The van der Waals surface area contributed by atoms with E-state index in [4.69, 9.17) is 10.5 Å². The topological polar surface area (TPSA) is 89.6 Å². The summed E-state index contributed by atoms with van der Waals surface area (Å²) in [5.41, 5.74) is 7.09. The molecule has 6 nitrogen and oxygen atoms in total. The number of ether oxygens (including phenoxy) is 1. The van der Waals surface area contributed by atoms with Gasteiger partial charge in [-0.25, -0.2) is 9.37 Å². The van der Waals surface area contributed by atoms with Crippen molar-refractivity contribution in [1.82, 2.24) is 4.98 Å². The minimum absolute atomic E-state index is 0.202. The number of hydrogen-bond donors (Lipinski definition) is 2. The lowest BCUT2D eigenvalue weighted by Crippen LogP contribution is -2.37. The van der Waals surface area contributed by atoms with Crippen molar-refractivity contribution in [3.8, 4) is 5.75 Å². The molecule has 10 heteroatoms. The van der Waals surface area contributed by atoms with Gasteiger partial charge in [0.1, 0.15) is 40.8 Å². The van der Waals surface area contributed by atoms with Gasteiger partial charge in [0.05, 0.1) is 18.1 Å². The number of halogens is 1. The van der Waals surface area contributed by atoms with Gasteiger partial charge in [-0.3, -0.25) is 9.79 Å². The Labute approximate surface area is 172 Å². The molecule has 29 heavy (non-hydrogen) atoms. The summed E-state index contributed by atoms with van der Waals surface area (Å²) < 4.78 is 20.1. The molecule has 2 aromatic rings. The maximum atomic E-state index is 14.4. The Morgan fingerprint density at radius 3 is 2.66 bits per heavy atom. The van der Waals surface area contributed by atoms with Gasteiger partial charge in [-0.1, -0.05) is 6.92 Å². The molecule has 0 fully saturated rings. The van der Waals surface area contributed by atoms with Gasteiger partial charge in [0.15, 0.2) is 0 Å². The molecule has 1 aliphatic rings. The van der Waals surface area contributed by atoms with Crippen LogP contribution in [0.1, 0.15) is 41.9 Å². The molecule has 0 bridgehead atoms. The number of nitrogens with one attached hydrogen (secondary N) is 1. The maximum absolute atomic E-state index is 14.4. The fourth-order valence-corrected chi connectivity index (χ4v) is 3.15. The highest BCUT2D eigenvalue weighted by Crippen LogP contribution is 2.32. The quantitative estimate of drug-likeness (QED) is 0.712. The summed E-state index contributed by atoms with van der Waals surface area (Å²) in [4.78, 5) is 21.1. The number of nitrogens with two attached hydrogens (primary N) is 1. The van der Waals surface area contributed by atoms with Crippen molar-refractivity contribution in [2.45, 2.75) is 31.1 Å². The Kier molecular flexibility index (Phi) is 6.00. The minimum atomic E-state index is -0.384. The van der Waals surface area contributed by atoms with E-state index in [-0.39, 0.29) is 34.7 Å². The molecule has 3 N–H and O–H groups in total. The van der Waals surface area contributed by atoms with Crippen molar-refractivity contribution in [2.24, 2.45) is 16.6 Å². The second-order valence-corrected chi connectivity index (χ2v) is 8.33. The fraction of sp³-hybridized carbons (Fsp3) is 0.316. The molecule has 0 saturated heterocycles. The second kappa shape index (κ2) is 8.31. The summed E-state index contributed by atoms with van der Waals surface area (Å²) in [6.07, 6.45) is 3.08. The van der Waals surface area contributed by atoms with Crippen LogP contribution in [0.15, 0.2) is 41.5 Å². The highest BCUT2D eigenvalue weighted by atomic mass is 19.1. The number of carbonyl (C=O) groups is 1. The summed E-state index contributed by atoms with van der Waals surface area (Å²) >= 11 is 0. The molecular formula is C19H24B3FN4O2. The summed E-state index contributed by atoms with van der Waals surface area (Å²) in [6, 6.07) is 7.42. The van der Waals surface area contributed by atoms with Crippen molar-refractivity contribution in [2.75, 3.05) is 5.32 Å². The van der Waals surface area contributed by atoms with E-state index in [0.717, 1.165) is 6.42 Å². The minimum Gasteiger partial charge on any atom is -0.512 e. The number of hydrogen-bond acceptors (Lipinski definition) is 5. The number of nitrogens with zero attached hydrogens (tertiary/aromatic N) is 2. The van der Waals surface area contributed by atoms with Gasteiger partial charge < -0.3 is 15.8 Å². The summed E-state index contributed by atoms with van der Waals surface area (Å²) in [5.74, 6) is 0.580. The average Bonchev–Trinajstić information content (AvgIpc) is 2.65. The lowest BCUT2D eigenvalue weighted by molar-refractivity contribution is 0.102. The highest BCUT2D eigenvalue weighted by molar-refractivity contribution is 6.58. The number of benzene rings is 1. The molecule has 1 aliphatic heterocycles. The average molecular weight is 392 g/mol. The van der Waals surface area contributed by atoms with Crippen molar-refractivity contribution in [3.63, 3.8) is 0 Å². The predicted molar refractivity (Wildman–Crippen MR) is 120 cm³/mol. The van der Waals surface area contributed by atoms with Crippen molar-refractivity contribution < 1.29 is 13.9 Å². The standard InChI is InChI=1S/C19H24B3FN4O2/c1-10-2-6-15(27-17(10)24)13-8-11(3-5-14(13)23)26-18(28)16-7-4-12(9-25-16)29-19(20,21)22/h3-5,7-10,15H,2,6,20-22H2,1H3,(H2,24,27)(H,26,28). The van der Waals surface area contributed by atoms with Crippen LogP contribution >= 0.6 is 0 Å². The number of aliphatic imine (C=N–C) groups is 1. The van der Waals surface area contributed by atoms with Crippen LogP contribution in [0, 0.1) is 11.7 Å². The molecule has 1 aromatic heterocycles. The van der Waals surface area contributed by atoms with E-state index in [2.05, 4.69) is 15.3 Å². The molecule has 0 radical (unpaired) electrons. The van der Waals surface area contributed by atoms with Crippen LogP contribution in [0.2, 0.25) is 0 Å². The number of pyridine rings is 1. The third-order valence-electron chi connectivity index (χ3n) is 4.69. The Morgan fingerprint density at radius 2 is 2.03 bits per heavy atom. The van der Waals surface area contributed by atoms with Gasteiger partial charge in [0.25, 0.3) is 5.91 Å². The van der Waals surface area contributed by atoms with E-state index in [1.807, 2.05) is 30.5 Å². The van der Waals surface area contributed by atoms with E-state index in [1.165, 1.54) is 18.3 Å². The molecule has 2 unspecified atom stereocenters. The summed E-state index contributed by atoms with van der Waals surface area (Å²) in [6.45, 7) is 2.01. The predicted octanol–water partition coefficient (Wildman–Crippen LogP) is 0.191. The van der Waals surface area contributed by atoms with Crippen molar-refractivity contribution >= 4 is 41.0 Å². The Hall–Kier alpha value is -2.77. The van der Waals surface area contributed by atoms with Crippen molar-refractivity contribution in [1.29, 1.82) is 0 Å². The first-order valence-electron chi connectivity index (χ1n) is 9.71. The Balaban J connectivity index is 1.74. The number of anilines is 1. The molecule has 2 atom stereocenters.